The fourth-order valence-electron chi connectivity index (χ4n) is 1.76. The Bertz CT molecular complexity index is 705. The van der Waals surface area contributed by atoms with Gasteiger partial charge in [-0.25, -0.2) is 0 Å². The van der Waals surface area contributed by atoms with Crippen molar-refractivity contribution < 1.29 is 9.72 Å². The lowest BCUT2D eigenvalue weighted by Gasteiger charge is -2.11. The zero-order valence-corrected chi connectivity index (χ0v) is 12.7. The van der Waals surface area contributed by atoms with Crippen molar-refractivity contribution in [2.45, 2.75) is 0 Å². The van der Waals surface area contributed by atoms with Crippen LogP contribution in [0.2, 0.25) is 0 Å². The number of hydrogen-bond donors (Lipinski definition) is 0. The molecule has 0 unspecified atom stereocenters. The standard InChI is InChI=1S/C13H16N6O3/c1-16(2)12-14-13(17(3)4)18(15-12)11(20)9-5-7-10(8-6-9)19(21)22/h5-8H,1-4H3. The summed E-state index contributed by atoms with van der Waals surface area (Å²) in [6.07, 6.45) is 0. The van der Waals surface area contributed by atoms with Crippen LogP contribution in [-0.4, -0.2) is 53.8 Å². The van der Waals surface area contributed by atoms with E-state index in [0.717, 1.165) is 0 Å². The normalized spacial score (nSPS) is 10.4. The van der Waals surface area contributed by atoms with Gasteiger partial charge in [-0.3, -0.25) is 14.9 Å². The molecule has 1 heterocycles. The molecule has 0 aliphatic heterocycles. The van der Waals surface area contributed by atoms with Crippen LogP contribution in [0.4, 0.5) is 17.6 Å². The summed E-state index contributed by atoms with van der Waals surface area (Å²) in [6.45, 7) is 0. The molecule has 0 N–H and O–H groups in total. The van der Waals surface area contributed by atoms with Crippen molar-refractivity contribution in [3.63, 3.8) is 0 Å². The number of benzene rings is 1. The molecule has 0 fully saturated rings. The van der Waals surface area contributed by atoms with Gasteiger partial charge < -0.3 is 9.80 Å². The predicted octanol–water partition coefficient (Wildman–Crippen LogP) is 1.01. The molecule has 0 spiro atoms. The number of nitrogens with zero attached hydrogens (tertiary/aromatic N) is 6. The van der Waals surface area contributed by atoms with Crippen LogP contribution in [0.3, 0.4) is 0 Å². The van der Waals surface area contributed by atoms with Crippen LogP contribution in [0.1, 0.15) is 10.4 Å². The zero-order chi connectivity index (χ0) is 16.4. The number of carbonyl (C=O) groups excluding carboxylic acids is 1. The van der Waals surface area contributed by atoms with E-state index < -0.39 is 10.8 Å². The maximum Gasteiger partial charge on any atom is 0.281 e. The van der Waals surface area contributed by atoms with Crippen molar-refractivity contribution in [3.05, 3.63) is 39.9 Å². The summed E-state index contributed by atoms with van der Waals surface area (Å²) in [5.41, 5.74) is 0.223. The van der Waals surface area contributed by atoms with Crippen LogP contribution in [0.15, 0.2) is 24.3 Å². The van der Waals surface area contributed by atoms with Crippen molar-refractivity contribution in [2.75, 3.05) is 38.0 Å². The fourth-order valence-corrected chi connectivity index (χ4v) is 1.76. The molecule has 9 heteroatoms. The summed E-state index contributed by atoms with van der Waals surface area (Å²) in [5.74, 6) is 0.380. The third kappa shape index (κ3) is 2.87. The molecule has 0 aliphatic carbocycles. The first-order valence-corrected chi connectivity index (χ1v) is 6.42. The van der Waals surface area contributed by atoms with Crippen LogP contribution < -0.4 is 9.80 Å². The minimum absolute atomic E-state index is 0.0723. The van der Waals surface area contributed by atoms with E-state index in [1.165, 1.54) is 28.9 Å². The SMILES string of the molecule is CN(C)c1nc(N(C)C)n(C(=O)c2ccc([N+](=O)[O-])cc2)n1. The molecule has 2 rings (SSSR count). The van der Waals surface area contributed by atoms with Gasteiger partial charge in [0.1, 0.15) is 0 Å². The molecule has 9 nitrogen and oxygen atoms in total. The number of aromatic nitrogens is 3. The molecule has 0 bridgehead atoms. The highest BCUT2D eigenvalue weighted by molar-refractivity contribution is 5.97. The summed E-state index contributed by atoms with van der Waals surface area (Å²) >= 11 is 0. The topological polar surface area (TPSA) is 97.4 Å². The Morgan fingerprint density at radius 1 is 1.14 bits per heavy atom. The Hall–Kier alpha value is -2.97. The van der Waals surface area contributed by atoms with Crippen molar-refractivity contribution in [1.29, 1.82) is 0 Å². The molecule has 1 aromatic heterocycles. The van der Waals surface area contributed by atoms with E-state index >= 15 is 0 Å². The Morgan fingerprint density at radius 2 is 1.73 bits per heavy atom. The summed E-state index contributed by atoms with van der Waals surface area (Å²) in [6, 6.07) is 5.37. The fraction of sp³-hybridized carbons (Fsp3) is 0.308. The van der Waals surface area contributed by atoms with Crippen LogP contribution in [0.25, 0.3) is 0 Å². The predicted molar refractivity (Wildman–Crippen MR) is 81.5 cm³/mol. The smallest absolute Gasteiger partial charge is 0.281 e. The lowest BCUT2D eigenvalue weighted by Crippen LogP contribution is -2.21. The Kier molecular flexibility index (Phi) is 4.06. The van der Waals surface area contributed by atoms with Crippen molar-refractivity contribution >= 4 is 23.5 Å². The minimum atomic E-state index is -0.515. The van der Waals surface area contributed by atoms with Gasteiger partial charge in [-0.15, -0.1) is 5.10 Å². The van der Waals surface area contributed by atoms with Gasteiger partial charge in [0.05, 0.1) is 4.92 Å². The lowest BCUT2D eigenvalue weighted by molar-refractivity contribution is -0.384. The first kappa shape index (κ1) is 15.4. The number of rotatable bonds is 4. The van der Waals surface area contributed by atoms with Gasteiger partial charge in [-0.05, 0) is 12.1 Å². The van der Waals surface area contributed by atoms with E-state index in [4.69, 9.17) is 0 Å². The molecular weight excluding hydrogens is 288 g/mol. The average molecular weight is 304 g/mol. The second-order valence-corrected chi connectivity index (χ2v) is 5.02. The molecule has 0 saturated heterocycles. The maximum atomic E-state index is 12.5. The van der Waals surface area contributed by atoms with Gasteiger partial charge in [0, 0.05) is 45.9 Å². The first-order chi connectivity index (χ1) is 10.3. The highest BCUT2D eigenvalue weighted by Crippen LogP contribution is 2.17. The summed E-state index contributed by atoms with van der Waals surface area (Å²) < 4.78 is 1.18. The van der Waals surface area contributed by atoms with Crippen molar-refractivity contribution in [2.24, 2.45) is 0 Å². The van der Waals surface area contributed by atoms with Crippen LogP contribution in [0.5, 0.6) is 0 Å². The first-order valence-electron chi connectivity index (χ1n) is 6.42. The third-order valence-corrected chi connectivity index (χ3v) is 2.90. The maximum absolute atomic E-state index is 12.5. The average Bonchev–Trinajstić information content (AvgIpc) is 2.92. The molecule has 1 aromatic carbocycles. The minimum Gasteiger partial charge on any atom is -0.347 e. The molecule has 116 valence electrons. The monoisotopic (exact) mass is 304 g/mol. The number of non-ortho nitro benzene ring substituents is 1. The van der Waals surface area contributed by atoms with Gasteiger partial charge in [0.2, 0.25) is 11.9 Å². The Labute approximate surface area is 126 Å². The van der Waals surface area contributed by atoms with Crippen molar-refractivity contribution in [3.8, 4) is 0 Å². The van der Waals surface area contributed by atoms with E-state index in [2.05, 4.69) is 10.1 Å². The van der Waals surface area contributed by atoms with E-state index in [1.54, 1.807) is 38.0 Å². The van der Waals surface area contributed by atoms with Gasteiger partial charge in [0.15, 0.2) is 0 Å². The van der Waals surface area contributed by atoms with E-state index in [-0.39, 0.29) is 5.69 Å². The highest BCUT2D eigenvalue weighted by atomic mass is 16.6. The van der Waals surface area contributed by atoms with E-state index in [1.807, 2.05) is 0 Å². The van der Waals surface area contributed by atoms with Gasteiger partial charge in [0.25, 0.3) is 11.6 Å². The lowest BCUT2D eigenvalue weighted by atomic mass is 10.2. The second kappa shape index (κ2) is 5.80. The van der Waals surface area contributed by atoms with Crippen molar-refractivity contribution in [1.82, 2.24) is 14.8 Å². The second-order valence-electron chi connectivity index (χ2n) is 5.02. The van der Waals surface area contributed by atoms with Crippen LogP contribution >= 0.6 is 0 Å². The van der Waals surface area contributed by atoms with Gasteiger partial charge in [-0.1, -0.05) is 0 Å². The number of hydrogen-bond acceptors (Lipinski definition) is 7. The molecule has 0 saturated carbocycles. The van der Waals surface area contributed by atoms with E-state index in [0.29, 0.717) is 17.5 Å². The molecule has 0 amide bonds. The number of nitro groups is 1. The van der Waals surface area contributed by atoms with Crippen LogP contribution in [0, 0.1) is 10.1 Å². The largest absolute Gasteiger partial charge is 0.347 e. The van der Waals surface area contributed by atoms with Gasteiger partial charge >= 0.3 is 0 Å². The number of carbonyl (C=O) groups is 1. The van der Waals surface area contributed by atoms with E-state index in [9.17, 15) is 14.9 Å². The van der Waals surface area contributed by atoms with Crippen LogP contribution in [-0.2, 0) is 0 Å². The number of nitro benzene ring substituents is 1. The highest BCUT2D eigenvalue weighted by Gasteiger charge is 2.20. The molecule has 0 atom stereocenters. The molecule has 2 aromatic rings. The third-order valence-electron chi connectivity index (χ3n) is 2.90. The summed E-state index contributed by atoms with van der Waals surface area (Å²) in [4.78, 5) is 30.3. The summed E-state index contributed by atoms with van der Waals surface area (Å²) in [7, 11) is 7.05. The Balaban J connectivity index is 2.42. The zero-order valence-electron chi connectivity index (χ0n) is 12.7. The Morgan fingerprint density at radius 3 is 2.18 bits per heavy atom. The molecule has 0 radical (unpaired) electrons. The molecule has 0 aliphatic rings. The summed E-state index contributed by atoms with van der Waals surface area (Å²) in [5, 5.41) is 14.8. The molecular formula is C13H16N6O3. The molecule has 22 heavy (non-hydrogen) atoms. The number of anilines is 2. The van der Waals surface area contributed by atoms with Gasteiger partial charge in [-0.2, -0.15) is 9.67 Å². The quantitative estimate of drug-likeness (QED) is 0.614.